The summed E-state index contributed by atoms with van der Waals surface area (Å²) in [5.41, 5.74) is 1.84. The van der Waals surface area contributed by atoms with Crippen molar-refractivity contribution in [3.05, 3.63) is 92.4 Å². The number of nitrogens with zero attached hydrogens (tertiary/aromatic N) is 5. The Morgan fingerprint density at radius 3 is 2.38 bits per heavy atom. The molecule has 3 aromatic carbocycles. The molecule has 0 bridgehead atoms. The number of hydrogen-bond donors (Lipinski definition) is 0. The van der Waals surface area contributed by atoms with E-state index in [9.17, 15) is 24.5 Å². The summed E-state index contributed by atoms with van der Waals surface area (Å²) in [5.74, 6) is -1.04. The lowest BCUT2D eigenvalue weighted by atomic mass is 10.2. The summed E-state index contributed by atoms with van der Waals surface area (Å²) in [4.78, 5) is 53.7. The van der Waals surface area contributed by atoms with Gasteiger partial charge in [0.15, 0.2) is 0 Å². The van der Waals surface area contributed by atoms with Gasteiger partial charge in [-0.25, -0.2) is 4.98 Å². The predicted octanol–water partition coefficient (Wildman–Crippen LogP) is 5.30. The number of carbonyl (C=O) groups excluding carboxylic acids is 3. The molecule has 2 heterocycles. The number of hydrazone groups is 1. The Morgan fingerprint density at radius 1 is 1.05 bits per heavy atom. The SMILES string of the molecule is O=C(c1ccc(N2C(=O)CCC2=O)cc1)N(/N=C/c1ccc([N+](=O)[O-])cc1)c1nc2ccc(Br)cc2s1. The number of anilines is 2. The van der Waals surface area contributed by atoms with Crippen LogP contribution in [-0.4, -0.2) is 33.8 Å². The highest BCUT2D eigenvalue weighted by molar-refractivity contribution is 9.10. The topological polar surface area (TPSA) is 126 Å². The van der Waals surface area contributed by atoms with Crippen LogP contribution in [0.5, 0.6) is 0 Å². The van der Waals surface area contributed by atoms with Crippen molar-refractivity contribution in [3.8, 4) is 0 Å². The minimum atomic E-state index is -0.497. The number of nitro benzene ring substituents is 1. The number of rotatable bonds is 6. The van der Waals surface area contributed by atoms with Crippen molar-refractivity contribution in [1.29, 1.82) is 0 Å². The van der Waals surface area contributed by atoms with Gasteiger partial charge in [0.05, 0.1) is 27.0 Å². The second-order valence-electron chi connectivity index (χ2n) is 7.99. The van der Waals surface area contributed by atoms with Crippen molar-refractivity contribution in [3.63, 3.8) is 0 Å². The average molecular weight is 578 g/mol. The van der Waals surface area contributed by atoms with Gasteiger partial charge in [-0.05, 0) is 60.2 Å². The first-order valence-corrected chi connectivity index (χ1v) is 12.6. The first kappa shape index (κ1) is 24.4. The van der Waals surface area contributed by atoms with E-state index in [-0.39, 0.29) is 35.9 Å². The molecule has 10 nitrogen and oxygen atoms in total. The molecule has 4 aromatic rings. The Labute approximate surface area is 222 Å². The van der Waals surface area contributed by atoms with E-state index in [0.29, 0.717) is 21.9 Å². The van der Waals surface area contributed by atoms with Gasteiger partial charge in [0, 0.05) is 35.0 Å². The van der Waals surface area contributed by atoms with E-state index in [1.807, 2.05) is 18.2 Å². The molecule has 0 spiro atoms. The maximum absolute atomic E-state index is 13.5. The number of nitro groups is 1. The van der Waals surface area contributed by atoms with E-state index >= 15 is 0 Å². The van der Waals surface area contributed by atoms with Gasteiger partial charge in [-0.1, -0.05) is 27.3 Å². The maximum atomic E-state index is 13.5. The van der Waals surface area contributed by atoms with E-state index in [0.717, 1.165) is 19.1 Å². The quantitative estimate of drug-likeness (QED) is 0.132. The van der Waals surface area contributed by atoms with Crippen LogP contribution >= 0.6 is 27.3 Å². The normalized spacial score (nSPS) is 13.6. The van der Waals surface area contributed by atoms with Gasteiger partial charge in [-0.15, -0.1) is 0 Å². The molecule has 0 unspecified atom stereocenters. The average Bonchev–Trinajstić information content (AvgIpc) is 3.46. The number of carbonyl (C=O) groups is 3. The number of fused-ring (bicyclic) bond motifs is 1. The van der Waals surface area contributed by atoms with Crippen molar-refractivity contribution < 1.29 is 19.3 Å². The molecule has 1 aliphatic heterocycles. The summed E-state index contributed by atoms with van der Waals surface area (Å²) < 4.78 is 1.71. The minimum Gasteiger partial charge on any atom is -0.274 e. The molecule has 0 saturated carbocycles. The van der Waals surface area contributed by atoms with Crippen LogP contribution in [0, 0.1) is 10.1 Å². The fourth-order valence-corrected chi connectivity index (χ4v) is 5.19. The Kier molecular flexibility index (Phi) is 6.59. The van der Waals surface area contributed by atoms with Crippen molar-refractivity contribution in [2.45, 2.75) is 12.8 Å². The highest BCUT2D eigenvalue weighted by Crippen LogP contribution is 2.32. The third-order valence-corrected chi connectivity index (χ3v) is 7.05. The minimum absolute atomic E-state index is 0.0584. The molecule has 0 radical (unpaired) electrons. The number of thiazole rings is 1. The zero-order valence-electron chi connectivity index (χ0n) is 18.9. The number of hydrogen-bond acceptors (Lipinski definition) is 8. The second-order valence-corrected chi connectivity index (χ2v) is 9.91. The van der Waals surface area contributed by atoms with Crippen LogP contribution in [-0.2, 0) is 9.59 Å². The summed E-state index contributed by atoms with van der Waals surface area (Å²) in [6, 6.07) is 17.4. The summed E-state index contributed by atoms with van der Waals surface area (Å²) >= 11 is 4.71. The Morgan fingerprint density at radius 2 is 1.73 bits per heavy atom. The number of imide groups is 1. The molecule has 1 saturated heterocycles. The van der Waals surface area contributed by atoms with Gasteiger partial charge in [0.25, 0.3) is 11.6 Å². The summed E-state index contributed by atoms with van der Waals surface area (Å²) in [7, 11) is 0. The molecular weight excluding hydrogens is 562 g/mol. The monoisotopic (exact) mass is 577 g/mol. The Hall–Kier alpha value is -4.29. The number of amides is 3. The highest BCUT2D eigenvalue weighted by Gasteiger charge is 2.30. The molecule has 1 aliphatic rings. The molecule has 1 fully saturated rings. The first-order chi connectivity index (χ1) is 17.8. The number of non-ortho nitro benzene ring substituents is 1. The molecule has 5 rings (SSSR count). The number of benzene rings is 3. The third-order valence-electron chi connectivity index (χ3n) is 5.56. The maximum Gasteiger partial charge on any atom is 0.280 e. The standard InChI is InChI=1S/C25H16BrN5O5S/c26-17-5-10-20-21(13-17)37-25(28-20)30(27-14-15-1-6-19(7-2-15)31(35)36)24(34)16-3-8-18(9-4-16)29-22(32)11-12-23(29)33/h1-10,13-14H,11-12H2/b27-14+. The lowest BCUT2D eigenvalue weighted by molar-refractivity contribution is -0.384. The summed E-state index contributed by atoms with van der Waals surface area (Å²) in [6.45, 7) is 0. The number of aromatic nitrogens is 1. The molecular formula is C25H16BrN5O5S. The molecule has 1 aromatic heterocycles. The highest BCUT2D eigenvalue weighted by atomic mass is 79.9. The fourth-order valence-electron chi connectivity index (χ4n) is 3.71. The van der Waals surface area contributed by atoms with Crippen molar-refractivity contribution in [1.82, 2.24) is 4.98 Å². The van der Waals surface area contributed by atoms with Crippen LogP contribution in [0.3, 0.4) is 0 Å². The third kappa shape index (κ3) is 5.01. The van der Waals surface area contributed by atoms with Crippen LogP contribution in [0.25, 0.3) is 10.2 Å². The smallest absolute Gasteiger partial charge is 0.274 e. The van der Waals surface area contributed by atoms with Crippen LogP contribution in [0.2, 0.25) is 0 Å². The van der Waals surface area contributed by atoms with Gasteiger partial charge in [-0.2, -0.15) is 10.1 Å². The van der Waals surface area contributed by atoms with Crippen LogP contribution in [0.4, 0.5) is 16.5 Å². The predicted molar refractivity (Wildman–Crippen MR) is 143 cm³/mol. The van der Waals surface area contributed by atoms with Gasteiger partial charge in [0.1, 0.15) is 0 Å². The molecule has 37 heavy (non-hydrogen) atoms. The lowest BCUT2D eigenvalue weighted by Gasteiger charge is -2.16. The van der Waals surface area contributed by atoms with Gasteiger partial charge < -0.3 is 0 Å². The zero-order valence-corrected chi connectivity index (χ0v) is 21.3. The molecule has 0 atom stereocenters. The van der Waals surface area contributed by atoms with E-state index in [1.165, 1.54) is 53.9 Å². The molecule has 0 N–H and O–H groups in total. The fraction of sp³-hybridized carbons (Fsp3) is 0.0800. The zero-order chi connectivity index (χ0) is 26.1. The van der Waals surface area contributed by atoms with E-state index in [2.05, 4.69) is 26.0 Å². The second kappa shape index (κ2) is 9.99. The largest absolute Gasteiger partial charge is 0.280 e. The van der Waals surface area contributed by atoms with E-state index in [4.69, 9.17) is 0 Å². The summed E-state index contributed by atoms with van der Waals surface area (Å²) in [5, 5.41) is 16.8. The van der Waals surface area contributed by atoms with Crippen molar-refractivity contribution in [2.75, 3.05) is 9.91 Å². The van der Waals surface area contributed by atoms with Crippen LogP contribution in [0.15, 0.2) is 76.3 Å². The number of halogens is 1. The van der Waals surface area contributed by atoms with Crippen molar-refractivity contribution in [2.24, 2.45) is 5.10 Å². The molecule has 0 aliphatic carbocycles. The molecule has 184 valence electrons. The van der Waals surface area contributed by atoms with Crippen LogP contribution in [0.1, 0.15) is 28.8 Å². The summed E-state index contributed by atoms with van der Waals surface area (Å²) in [6.07, 6.45) is 1.75. The van der Waals surface area contributed by atoms with E-state index < -0.39 is 10.8 Å². The van der Waals surface area contributed by atoms with Crippen LogP contribution < -0.4 is 9.91 Å². The lowest BCUT2D eigenvalue weighted by Crippen LogP contribution is -2.29. The van der Waals surface area contributed by atoms with E-state index in [1.54, 1.807) is 12.1 Å². The van der Waals surface area contributed by atoms with Gasteiger partial charge in [0.2, 0.25) is 16.9 Å². The molecule has 3 amide bonds. The van der Waals surface area contributed by atoms with Gasteiger partial charge in [-0.3, -0.25) is 29.4 Å². The van der Waals surface area contributed by atoms with Gasteiger partial charge >= 0.3 is 0 Å². The first-order valence-electron chi connectivity index (χ1n) is 10.9. The molecule has 12 heteroatoms. The Bertz CT molecular complexity index is 1570. The Balaban J connectivity index is 1.49. The van der Waals surface area contributed by atoms with Crippen molar-refractivity contribution >= 4 is 77.9 Å².